The molecule has 0 aliphatic heterocycles. The fourth-order valence-corrected chi connectivity index (χ4v) is 3.44. The van der Waals surface area contributed by atoms with E-state index in [1.807, 2.05) is 45.9 Å². The Balaban J connectivity index is 1.90. The fourth-order valence-electron chi connectivity index (χ4n) is 1.89. The number of anilines is 1. The van der Waals surface area contributed by atoms with Crippen LogP contribution in [0.5, 0.6) is 0 Å². The second kappa shape index (κ2) is 7.76. The lowest BCUT2D eigenvalue weighted by Gasteiger charge is -2.19. The second-order valence-corrected chi connectivity index (χ2v) is 8.43. The van der Waals surface area contributed by atoms with Gasteiger partial charge in [0.1, 0.15) is 0 Å². The van der Waals surface area contributed by atoms with Gasteiger partial charge in [-0.25, -0.2) is 0 Å². The van der Waals surface area contributed by atoms with Crippen molar-refractivity contribution in [2.75, 3.05) is 11.1 Å². The van der Waals surface area contributed by atoms with Gasteiger partial charge in [-0.3, -0.25) is 14.9 Å². The highest BCUT2D eigenvalue weighted by atomic mass is 32.2. The highest BCUT2D eigenvalue weighted by molar-refractivity contribution is 8.01. The Hall–Kier alpha value is -1.93. The number of thioether (sulfide) groups is 1. The van der Waals surface area contributed by atoms with E-state index in [0.717, 1.165) is 5.56 Å². The number of nitrogens with one attached hydrogen (secondary N) is 2. The lowest BCUT2D eigenvalue weighted by atomic mass is 10.1. The number of aryl methyl sites for hydroxylation is 1. The molecule has 0 spiro atoms. The first kappa shape index (κ1) is 18.4. The van der Waals surface area contributed by atoms with Crippen LogP contribution in [0, 0.1) is 6.92 Å². The molecular formula is C16H20N4O2S2. The van der Waals surface area contributed by atoms with Crippen molar-refractivity contribution in [3.05, 3.63) is 35.4 Å². The molecule has 128 valence electrons. The van der Waals surface area contributed by atoms with E-state index in [1.165, 1.54) is 23.1 Å². The van der Waals surface area contributed by atoms with Crippen molar-refractivity contribution in [2.24, 2.45) is 0 Å². The fraction of sp³-hybridized carbons (Fsp3) is 0.375. The third-order valence-electron chi connectivity index (χ3n) is 2.86. The van der Waals surface area contributed by atoms with E-state index in [9.17, 15) is 9.59 Å². The molecule has 0 unspecified atom stereocenters. The van der Waals surface area contributed by atoms with Crippen molar-refractivity contribution >= 4 is 40.0 Å². The standard InChI is InChI=1S/C16H20N4O2S2/c1-10-7-5-6-8-11(10)13(22)17-14-19-20-15(24-14)23-9-12(21)18-16(2,3)4/h5-8H,9H2,1-4H3,(H,18,21)(H,17,19,22). The molecule has 1 heterocycles. The molecule has 0 aliphatic carbocycles. The Morgan fingerprint density at radius 3 is 2.58 bits per heavy atom. The summed E-state index contributed by atoms with van der Waals surface area (Å²) in [4.78, 5) is 24.0. The summed E-state index contributed by atoms with van der Waals surface area (Å²) in [6.45, 7) is 7.67. The van der Waals surface area contributed by atoms with Crippen LogP contribution in [0.2, 0.25) is 0 Å². The number of benzene rings is 1. The van der Waals surface area contributed by atoms with Crippen LogP contribution >= 0.6 is 23.1 Å². The molecule has 0 saturated carbocycles. The van der Waals surface area contributed by atoms with Gasteiger partial charge < -0.3 is 5.32 Å². The van der Waals surface area contributed by atoms with E-state index >= 15 is 0 Å². The largest absolute Gasteiger partial charge is 0.351 e. The van der Waals surface area contributed by atoms with E-state index in [-0.39, 0.29) is 23.1 Å². The maximum atomic E-state index is 12.2. The molecule has 0 saturated heterocycles. The maximum Gasteiger partial charge on any atom is 0.257 e. The Labute approximate surface area is 149 Å². The van der Waals surface area contributed by atoms with E-state index < -0.39 is 0 Å². The number of carbonyl (C=O) groups excluding carboxylic acids is 2. The molecule has 0 bridgehead atoms. The Bertz CT molecular complexity index is 738. The van der Waals surface area contributed by atoms with Crippen LogP contribution in [-0.4, -0.2) is 33.3 Å². The first-order valence-electron chi connectivity index (χ1n) is 7.39. The van der Waals surface area contributed by atoms with Crippen molar-refractivity contribution in [3.8, 4) is 0 Å². The van der Waals surface area contributed by atoms with Crippen LogP contribution in [0.1, 0.15) is 36.7 Å². The average Bonchev–Trinajstić information content (AvgIpc) is 2.91. The van der Waals surface area contributed by atoms with Gasteiger partial charge in [-0.2, -0.15) is 0 Å². The normalized spacial score (nSPS) is 11.2. The minimum Gasteiger partial charge on any atom is -0.351 e. The third kappa shape index (κ3) is 5.61. The zero-order valence-electron chi connectivity index (χ0n) is 14.0. The van der Waals surface area contributed by atoms with Crippen LogP contribution in [0.25, 0.3) is 0 Å². The van der Waals surface area contributed by atoms with Gasteiger partial charge in [-0.15, -0.1) is 10.2 Å². The molecule has 2 aromatic rings. The summed E-state index contributed by atoms with van der Waals surface area (Å²) in [5, 5.41) is 14.0. The van der Waals surface area contributed by atoms with Gasteiger partial charge in [0.25, 0.3) is 5.91 Å². The SMILES string of the molecule is Cc1ccccc1C(=O)Nc1nnc(SCC(=O)NC(C)(C)C)s1. The number of carbonyl (C=O) groups is 2. The van der Waals surface area contributed by atoms with Crippen molar-refractivity contribution in [1.29, 1.82) is 0 Å². The van der Waals surface area contributed by atoms with Gasteiger partial charge in [-0.05, 0) is 39.3 Å². The van der Waals surface area contributed by atoms with Gasteiger partial charge in [0.15, 0.2) is 4.34 Å². The molecule has 0 aliphatic rings. The zero-order chi connectivity index (χ0) is 17.7. The van der Waals surface area contributed by atoms with E-state index in [2.05, 4.69) is 20.8 Å². The van der Waals surface area contributed by atoms with Crippen LogP contribution in [-0.2, 0) is 4.79 Å². The zero-order valence-corrected chi connectivity index (χ0v) is 15.7. The number of aromatic nitrogens is 2. The number of hydrogen-bond acceptors (Lipinski definition) is 6. The summed E-state index contributed by atoms with van der Waals surface area (Å²) < 4.78 is 0.638. The smallest absolute Gasteiger partial charge is 0.257 e. The maximum absolute atomic E-state index is 12.2. The molecule has 2 amide bonds. The van der Waals surface area contributed by atoms with Crippen molar-refractivity contribution < 1.29 is 9.59 Å². The van der Waals surface area contributed by atoms with Gasteiger partial charge >= 0.3 is 0 Å². The molecule has 24 heavy (non-hydrogen) atoms. The van der Waals surface area contributed by atoms with Crippen molar-refractivity contribution in [2.45, 2.75) is 37.6 Å². The molecule has 8 heteroatoms. The molecule has 6 nitrogen and oxygen atoms in total. The summed E-state index contributed by atoms with van der Waals surface area (Å²) >= 11 is 2.55. The molecule has 2 N–H and O–H groups in total. The summed E-state index contributed by atoms with van der Waals surface area (Å²) in [5.41, 5.74) is 1.24. The number of hydrogen-bond donors (Lipinski definition) is 2. The first-order chi connectivity index (χ1) is 11.2. The summed E-state index contributed by atoms with van der Waals surface area (Å²) in [6.07, 6.45) is 0. The molecule has 2 rings (SSSR count). The van der Waals surface area contributed by atoms with E-state index in [4.69, 9.17) is 0 Å². The van der Waals surface area contributed by atoms with Gasteiger partial charge in [-0.1, -0.05) is 41.3 Å². The quantitative estimate of drug-likeness (QED) is 0.629. The number of rotatable bonds is 5. The monoisotopic (exact) mass is 364 g/mol. The van der Waals surface area contributed by atoms with Gasteiger partial charge in [0, 0.05) is 11.1 Å². The first-order valence-corrected chi connectivity index (χ1v) is 9.19. The minimum absolute atomic E-state index is 0.0619. The molecule has 0 radical (unpaired) electrons. The second-order valence-electron chi connectivity index (χ2n) is 6.23. The third-order valence-corrected chi connectivity index (χ3v) is 4.83. The lowest BCUT2D eigenvalue weighted by molar-refractivity contribution is -0.119. The van der Waals surface area contributed by atoms with Crippen LogP contribution < -0.4 is 10.6 Å². The van der Waals surface area contributed by atoms with Crippen LogP contribution in [0.4, 0.5) is 5.13 Å². The number of amides is 2. The Kier molecular flexibility index (Phi) is 5.95. The molecular weight excluding hydrogens is 344 g/mol. The predicted octanol–water partition coefficient (Wildman–Crippen LogP) is 3.11. The minimum atomic E-state index is -0.258. The van der Waals surface area contributed by atoms with Gasteiger partial charge in [0.05, 0.1) is 5.75 Å². The molecule has 0 atom stereocenters. The van der Waals surface area contributed by atoms with Gasteiger partial charge in [0.2, 0.25) is 11.0 Å². The summed E-state index contributed by atoms with van der Waals surface area (Å²) in [6, 6.07) is 7.34. The average molecular weight is 364 g/mol. The summed E-state index contributed by atoms with van der Waals surface area (Å²) in [7, 11) is 0. The van der Waals surface area contributed by atoms with Crippen molar-refractivity contribution in [3.63, 3.8) is 0 Å². The van der Waals surface area contributed by atoms with Crippen LogP contribution in [0.3, 0.4) is 0 Å². The Morgan fingerprint density at radius 1 is 1.21 bits per heavy atom. The topological polar surface area (TPSA) is 84.0 Å². The van der Waals surface area contributed by atoms with Crippen LogP contribution in [0.15, 0.2) is 28.6 Å². The summed E-state index contributed by atoms with van der Waals surface area (Å²) in [5.74, 6) is -0.0167. The Morgan fingerprint density at radius 2 is 1.92 bits per heavy atom. The highest BCUT2D eigenvalue weighted by Gasteiger charge is 2.16. The predicted molar refractivity (Wildman–Crippen MR) is 97.7 cm³/mol. The highest BCUT2D eigenvalue weighted by Crippen LogP contribution is 2.26. The number of nitrogens with zero attached hydrogens (tertiary/aromatic N) is 2. The molecule has 0 fully saturated rings. The van der Waals surface area contributed by atoms with E-state index in [1.54, 1.807) is 6.07 Å². The lowest BCUT2D eigenvalue weighted by Crippen LogP contribution is -2.41. The van der Waals surface area contributed by atoms with E-state index in [0.29, 0.717) is 15.0 Å². The molecule has 1 aromatic carbocycles. The van der Waals surface area contributed by atoms with Crippen molar-refractivity contribution in [1.82, 2.24) is 15.5 Å². The molecule has 1 aromatic heterocycles.